The molecule has 168 valence electrons. The Balaban J connectivity index is 1.47. The predicted molar refractivity (Wildman–Crippen MR) is 120 cm³/mol. The molecule has 0 radical (unpaired) electrons. The van der Waals surface area contributed by atoms with E-state index in [-0.39, 0.29) is 10.8 Å². The number of carbonyl (C=O) groups is 1. The number of rotatable bonds is 6. The maximum absolute atomic E-state index is 12.9. The molecule has 1 fully saturated rings. The first-order valence-corrected chi connectivity index (χ1v) is 12.1. The Morgan fingerprint density at radius 3 is 2.50 bits per heavy atom. The average Bonchev–Trinajstić information content (AvgIpc) is 3.30. The Kier molecular flexibility index (Phi) is 6.33. The van der Waals surface area contributed by atoms with Gasteiger partial charge in [0.2, 0.25) is 15.8 Å². The van der Waals surface area contributed by atoms with Crippen molar-refractivity contribution in [2.75, 3.05) is 18.4 Å². The van der Waals surface area contributed by atoms with E-state index in [0.717, 1.165) is 30.4 Å². The number of nitrogens with zero attached hydrogens (tertiary/aromatic N) is 5. The normalized spacial score (nSPS) is 15.9. The first-order valence-electron chi connectivity index (χ1n) is 10.6. The van der Waals surface area contributed by atoms with Gasteiger partial charge in [0.05, 0.1) is 4.90 Å². The van der Waals surface area contributed by atoms with Crippen LogP contribution in [0.15, 0.2) is 53.4 Å². The number of hydrogen-bond acceptors (Lipinski definition) is 6. The molecule has 1 amide bonds. The molecule has 10 heteroatoms. The topological polar surface area (TPSA) is 110 Å². The van der Waals surface area contributed by atoms with E-state index in [0.29, 0.717) is 24.6 Å². The first kappa shape index (κ1) is 22.1. The van der Waals surface area contributed by atoms with Crippen molar-refractivity contribution in [3.63, 3.8) is 0 Å². The summed E-state index contributed by atoms with van der Waals surface area (Å²) in [5.74, 6) is 0.0599. The third kappa shape index (κ3) is 4.71. The summed E-state index contributed by atoms with van der Waals surface area (Å²) >= 11 is 0. The molecule has 1 saturated heterocycles. The number of benzene rings is 2. The van der Waals surface area contributed by atoms with Gasteiger partial charge in [-0.25, -0.2) is 8.42 Å². The lowest BCUT2D eigenvalue weighted by Gasteiger charge is -2.26. The smallest absolute Gasteiger partial charge is 0.250 e. The molecule has 1 atom stereocenters. The minimum absolute atomic E-state index is 0.172. The number of amides is 1. The molecule has 1 aliphatic heterocycles. The van der Waals surface area contributed by atoms with Gasteiger partial charge in [0.25, 0.3) is 5.91 Å². The van der Waals surface area contributed by atoms with Gasteiger partial charge in [-0.1, -0.05) is 42.3 Å². The van der Waals surface area contributed by atoms with Crippen molar-refractivity contribution in [1.82, 2.24) is 24.5 Å². The Morgan fingerprint density at radius 1 is 1.06 bits per heavy atom. The monoisotopic (exact) mass is 454 g/mol. The second-order valence-electron chi connectivity index (χ2n) is 7.96. The summed E-state index contributed by atoms with van der Waals surface area (Å²) in [6.45, 7) is 4.70. The zero-order valence-electron chi connectivity index (χ0n) is 18.1. The third-order valence-electron chi connectivity index (χ3n) is 5.52. The molecule has 2 heterocycles. The summed E-state index contributed by atoms with van der Waals surface area (Å²) in [7, 11) is -3.58. The van der Waals surface area contributed by atoms with Gasteiger partial charge >= 0.3 is 0 Å². The van der Waals surface area contributed by atoms with Crippen LogP contribution in [0.2, 0.25) is 0 Å². The Hall–Kier alpha value is -3.11. The number of aryl methyl sites for hydroxylation is 1. The Bertz CT molecular complexity index is 1200. The van der Waals surface area contributed by atoms with Crippen molar-refractivity contribution >= 4 is 21.6 Å². The number of tetrazole rings is 1. The summed E-state index contributed by atoms with van der Waals surface area (Å²) in [6.07, 6.45) is 2.77. The van der Waals surface area contributed by atoms with Crippen LogP contribution in [-0.2, 0) is 14.8 Å². The van der Waals surface area contributed by atoms with Crippen LogP contribution in [0.4, 0.5) is 5.69 Å². The maximum atomic E-state index is 12.9. The van der Waals surface area contributed by atoms with Crippen molar-refractivity contribution in [3.05, 3.63) is 54.1 Å². The summed E-state index contributed by atoms with van der Waals surface area (Å²) < 4.78 is 27.3. The highest BCUT2D eigenvalue weighted by molar-refractivity contribution is 7.89. The highest BCUT2D eigenvalue weighted by Gasteiger charge is 2.26. The molecule has 0 aliphatic carbocycles. The van der Waals surface area contributed by atoms with E-state index in [1.807, 2.05) is 31.2 Å². The fourth-order valence-corrected chi connectivity index (χ4v) is 5.11. The lowest BCUT2D eigenvalue weighted by molar-refractivity contribution is -0.119. The minimum atomic E-state index is -3.58. The lowest BCUT2D eigenvalue weighted by atomic mass is 10.1. The number of aromatic nitrogens is 4. The third-order valence-corrected chi connectivity index (χ3v) is 7.41. The molecular weight excluding hydrogens is 428 g/mol. The van der Waals surface area contributed by atoms with Crippen LogP contribution >= 0.6 is 0 Å². The van der Waals surface area contributed by atoms with Crippen LogP contribution in [0.25, 0.3) is 11.4 Å². The second-order valence-corrected chi connectivity index (χ2v) is 9.90. The zero-order valence-corrected chi connectivity index (χ0v) is 18.9. The molecule has 0 bridgehead atoms. The van der Waals surface area contributed by atoms with Crippen LogP contribution in [0.3, 0.4) is 0 Å². The fraction of sp³-hybridized carbons (Fsp3) is 0.364. The summed E-state index contributed by atoms with van der Waals surface area (Å²) in [4.78, 5) is 14.2. The molecule has 32 heavy (non-hydrogen) atoms. The second kappa shape index (κ2) is 9.17. The number of nitrogens with one attached hydrogen (secondary N) is 1. The molecule has 0 spiro atoms. The largest absolute Gasteiger partial charge is 0.324 e. The summed E-state index contributed by atoms with van der Waals surface area (Å²) in [5, 5.41) is 15.1. The van der Waals surface area contributed by atoms with Crippen molar-refractivity contribution in [2.24, 2.45) is 0 Å². The van der Waals surface area contributed by atoms with Crippen LogP contribution in [-0.4, -0.2) is 51.9 Å². The number of sulfonamides is 1. The van der Waals surface area contributed by atoms with E-state index in [4.69, 9.17) is 0 Å². The van der Waals surface area contributed by atoms with Crippen molar-refractivity contribution in [1.29, 1.82) is 0 Å². The molecule has 1 unspecified atom stereocenters. The molecule has 1 aliphatic rings. The maximum Gasteiger partial charge on any atom is 0.250 e. The van der Waals surface area contributed by atoms with Gasteiger partial charge in [-0.2, -0.15) is 9.10 Å². The van der Waals surface area contributed by atoms with Gasteiger partial charge in [0.1, 0.15) is 6.04 Å². The predicted octanol–water partition coefficient (Wildman–Crippen LogP) is 3.02. The molecule has 1 N–H and O–H groups in total. The standard InChI is InChI=1S/C22H26N6O3S/c1-16-9-11-18(12-10-16)21-24-26-28(25-21)17(2)22(29)23-19-7-6-8-20(15-19)32(30,31)27-13-4-3-5-14-27/h6-12,15,17H,3-5,13-14H2,1-2H3,(H,23,29). The lowest BCUT2D eigenvalue weighted by Crippen LogP contribution is -2.35. The van der Waals surface area contributed by atoms with Crippen LogP contribution in [0.1, 0.15) is 37.8 Å². The number of carbonyl (C=O) groups excluding carboxylic acids is 1. The first-order chi connectivity index (χ1) is 15.3. The van der Waals surface area contributed by atoms with E-state index in [2.05, 4.69) is 20.7 Å². The molecule has 9 nitrogen and oxygen atoms in total. The van der Waals surface area contributed by atoms with Crippen LogP contribution in [0.5, 0.6) is 0 Å². The van der Waals surface area contributed by atoms with E-state index in [1.54, 1.807) is 25.1 Å². The van der Waals surface area contributed by atoms with Crippen LogP contribution in [0, 0.1) is 6.92 Å². The van der Waals surface area contributed by atoms with Crippen LogP contribution < -0.4 is 5.32 Å². The van der Waals surface area contributed by atoms with E-state index in [1.165, 1.54) is 15.2 Å². The summed E-state index contributed by atoms with van der Waals surface area (Å²) in [6, 6.07) is 13.3. The van der Waals surface area contributed by atoms with Gasteiger partial charge in [0, 0.05) is 24.3 Å². The summed E-state index contributed by atoms with van der Waals surface area (Å²) in [5.41, 5.74) is 2.34. The molecule has 4 rings (SSSR count). The fourth-order valence-electron chi connectivity index (χ4n) is 3.55. The number of anilines is 1. The zero-order chi connectivity index (χ0) is 22.7. The van der Waals surface area contributed by atoms with Crippen molar-refractivity contribution in [2.45, 2.75) is 44.0 Å². The van der Waals surface area contributed by atoms with E-state index < -0.39 is 16.1 Å². The van der Waals surface area contributed by atoms with E-state index in [9.17, 15) is 13.2 Å². The van der Waals surface area contributed by atoms with Gasteiger partial charge in [-0.05, 0) is 50.1 Å². The molecule has 3 aromatic rings. The highest BCUT2D eigenvalue weighted by Crippen LogP contribution is 2.23. The van der Waals surface area contributed by atoms with Crippen molar-refractivity contribution in [3.8, 4) is 11.4 Å². The number of piperidine rings is 1. The van der Waals surface area contributed by atoms with Gasteiger partial charge in [0.15, 0.2) is 0 Å². The Labute approximate surface area is 187 Å². The minimum Gasteiger partial charge on any atom is -0.324 e. The van der Waals surface area contributed by atoms with Gasteiger partial charge in [-0.3, -0.25) is 4.79 Å². The van der Waals surface area contributed by atoms with Gasteiger partial charge < -0.3 is 5.32 Å². The highest BCUT2D eigenvalue weighted by atomic mass is 32.2. The SMILES string of the molecule is Cc1ccc(-c2nnn(C(C)C(=O)Nc3cccc(S(=O)(=O)N4CCCCC4)c3)n2)cc1. The molecule has 1 aromatic heterocycles. The van der Waals surface area contributed by atoms with Crippen molar-refractivity contribution < 1.29 is 13.2 Å². The number of hydrogen-bond donors (Lipinski definition) is 1. The van der Waals surface area contributed by atoms with E-state index >= 15 is 0 Å². The average molecular weight is 455 g/mol. The molecule has 0 saturated carbocycles. The Morgan fingerprint density at radius 2 is 1.78 bits per heavy atom. The molecular formula is C22H26N6O3S. The molecule has 2 aromatic carbocycles. The van der Waals surface area contributed by atoms with Gasteiger partial charge in [-0.15, -0.1) is 10.2 Å². The quantitative estimate of drug-likeness (QED) is 0.613.